The van der Waals surface area contributed by atoms with E-state index >= 15 is 0 Å². The van der Waals surface area contributed by atoms with E-state index in [0.717, 1.165) is 0 Å². The fraction of sp³-hybridized carbons (Fsp3) is 0.628. The topological polar surface area (TPSA) is 359 Å². The molecule has 1 aliphatic heterocycles. The third-order valence-electron chi connectivity index (χ3n) is 10.5. The first-order chi connectivity index (χ1) is 30.6. The number of hydrogen-bond acceptors (Lipinski definition) is 12. The molecule has 1 aromatic carbocycles. The molecule has 1 saturated heterocycles. The Bertz CT molecular complexity index is 1810. The number of nitrogens with two attached hydrogens (primary N) is 2. The summed E-state index contributed by atoms with van der Waals surface area (Å²) < 4.78 is 0. The minimum absolute atomic E-state index is 0.00145. The highest BCUT2D eigenvalue weighted by Gasteiger charge is 2.38. The molecule has 0 unspecified atom stereocenters. The summed E-state index contributed by atoms with van der Waals surface area (Å²) in [5.41, 5.74) is 12.3. The van der Waals surface area contributed by atoms with Crippen molar-refractivity contribution in [2.24, 2.45) is 23.3 Å². The van der Waals surface area contributed by atoms with Crippen LogP contribution in [0.15, 0.2) is 30.3 Å². The Hall–Kier alpha value is -6.16. The van der Waals surface area contributed by atoms with Crippen LogP contribution < -0.4 is 43.4 Å². The van der Waals surface area contributed by atoms with E-state index in [1.165, 1.54) is 4.90 Å². The Morgan fingerprint density at radius 3 is 1.82 bits per heavy atom. The largest absolute Gasteiger partial charge is 0.481 e. The molecule has 7 amide bonds. The van der Waals surface area contributed by atoms with E-state index in [1.807, 2.05) is 13.8 Å². The standard InChI is InChI=1S/C43H67N9O13/c1-24(2)19-27(45)37(58)47-29(15-16-35(54)55)40(61)50-31(22-36(56)57)38(59)46-23-34(53)52-18-10-14-33(52)42(63)48-28(13-8-9-17-44)39(60)49-30(21-26-11-6-5-7-12-26)41(62)51-32(43(64)65)20-25(3)4/h5-7,11-12,24-25,27-33H,8-10,13-23,44-45H2,1-4H3,(H,46,59)(H,47,58)(H,48,63)(H,49,60)(H,50,61)(H,51,62)(H,54,55)(H,56,57)(H,64,65)/t27-,28-,29-,30-,31-,32-,33-/m0/s1. The molecule has 0 saturated carbocycles. The highest BCUT2D eigenvalue weighted by molar-refractivity contribution is 5.98. The molecule has 65 heavy (non-hydrogen) atoms. The van der Waals surface area contributed by atoms with E-state index in [2.05, 4.69) is 31.9 Å². The van der Waals surface area contributed by atoms with Crippen LogP contribution in [0.4, 0.5) is 0 Å². The summed E-state index contributed by atoms with van der Waals surface area (Å²) in [6, 6.07) is -0.367. The average Bonchev–Trinajstić information content (AvgIpc) is 3.73. The highest BCUT2D eigenvalue weighted by Crippen LogP contribution is 2.19. The number of hydrogen-bond donors (Lipinski definition) is 11. The Morgan fingerprint density at radius 1 is 0.677 bits per heavy atom. The summed E-state index contributed by atoms with van der Waals surface area (Å²) in [4.78, 5) is 130. The number of aliphatic carboxylic acids is 3. The fourth-order valence-electron chi connectivity index (χ4n) is 7.14. The zero-order chi connectivity index (χ0) is 48.8. The van der Waals surface area contributed by atoms with E-state index in [4.69, 9.17) is 11.5 Å². The van der Waals surface area contributed by atoms with Crippen LogP contribution in [0.2, 0.25) is 0 Å². The lowest BCUT2D eigenvalue weighted by atomic mass is 10.0. The highest BCUT2D eigenvalue weighted by atomic mass is 16.4. The van der Waals surface area contributed by atoms with E-state index in [0.29, 0.717) is 24.8 Å². The van der Waals surface area contributed by atoms with Crippen LogP contribution in [0, 0.1) is 11.8 Å². The predicted molar refractivity (Wildman–Crippen MR) is 234 cm³/mol. The lowest BCUT2D eigenvalue weighted by Gasteiger charge is -2.28. The van der Waals surface area contributed by atoms with Crippen LogP contribution in [0.1, 0.15) is 97.5 Å². The van der Waals surface area contributed by atoms with Crippen molar-refractivity contribution >= 4 is 59.3 Å². The maximum absolute atomic E-state index is 13.9. The lowest BCUT2D eigenvalue weighted by Crippen LogP contribution is -2.58. The predicted octanol–water partition coefficient (Wildman–Crippen LogP) is -1.27. The van der Waals surface area contributed by atoms with Gasteiger partial charge < -0.3 is 63.6 Å². The summed E-state index contributed by atoms with van der Waals surface area (Å²) in [7, 11) is 0. The fourth-order valence-corrected chi connectivity index (χ4v) is 7.14. The number of unbranched alkanes of at least 4 members (excludes halogenated alkanes) is 1. The van der Waals surface area contributed by atoms with Crippen LogP contribution in [0.5, 0.6) is 0 Å². The molecule has 7 atom stereocenters. The number of amides is 7. The van der Waals surface area contributed by atoms with Crippen LogP contribution in [-0.2, 0) is 54.4 Å². The lowest BCUT2D eigenvalue weighted by molar-refractivity contribution is -0.143. The molecular formula is C43H67N9O13. The zero-order valence-corrected chi connectivity index (χ0v) is 37.5. The number of carbonyl (C=O) groups excluding carboxylic acids is 7. The number of likely N-dealkylation sites (tertiary alicyclic amines) is 1. The van der Waals surface area contributed by atoms with Crippen molar-refractivity contribution in [1.29, 1.82) is 0 Å². The van der Waals surface area contributed by atoms with Crippen molar-refractivity contribution in [2.45, 2.75) is 141 Å². The van der Waals surface area contributed by atoms with Crippen LogP contribution >= 0.6 is 0 Å². The number of rotatable bonds is 29. The second-order valence-corrected chi connectivity index (χ2v) is 17.0. The zero-order valence-electron chi connectivity index (χ0n) is 37.5. The Morgan fingerprint density at radius 2 is 1.25 bits per heavy atom. The quantitative estimate of drug-likeness (QED) is 0.0418. The normalized spacial score (nSPS) is 16.2. The number of carboxylic acid groups (broad SMARTS) is 3. The maximum Gasteiger partial charge on any atom is 0.326 e. The maximum atomic E-state index is 13.9. The van der Waals surface area contributed by atoms with Crippen molar-refractivity contribution in [3.63, 3.8) is 0 Å². The Kier molecular flexibility index (Phi) is 23.6. The van der Waals surface area contributed by atoms with Gasteiger partial charge in [0, 0.05) is 19.4 Å². The molecule has 0 spiro atoms. The Balaban J connectivity index is 2.22. The van der Waals surface area contributed by atoms with Gasteiger partial charge in [-0.2, -0.15) is 0 Å². The smallest absolute Gasteiger partial charge is 0.326 e. The molecule has 1 heterocycles. The van der Waals surface area contributed by atoms with Gasteiger partial charge in [0.1, 0.15) is 36.3 Å². The van der Waals surface area contributed by atoms with Gasteiger partial charge in [0.2, 0.25) is 41.4 Å². The van der Waals surface area contributed by atoms with Gasteiger partial charge in [0.15, 0.2) is 0 Å². The molecule has 0 radical (unpaired) electrons. The van der Waals surface area contributed by atoms with Gasteiger partial charge in [-0.3, -0.25) is 43.2 Å². The summed E-state index contributed by atoms with van der Waals surface area (Å²) in [6.07, 6.45) is -0.0277. The van der Waals surface area contributed by atoms with Crippen molar-refractivity contribution in [3.05, 3.63) is 35.9 Å². The first kappa shape index (κ1) is 55.0. The van der Waals surface area contributed by atoms with E-state index in [-0.39, 0.29) is 57.0 Å². The molecule has 1 aliphatic rings. The van der Waals surface area contributed by atoms with Gasteiger partial charge in [-0.15, -0.1) is 0 Å². The third-order valence-corrected chi connectivity index (χ3v) is 10.5. The van der Waals surface area contributed by atoms with Crippen LogP contribution in [0.25, 0.3) is 0 Å². The molecule has 362 valence electrons. The number of benzene rings is 1. The van der Waals surface area contributed by atoms with Gasteiger partial charge >= 0.3 is 17.9 Å². The Labute approximate surface area is 378 Å². The molecule has 0 bridgehead atoms. The number of carbonyl (C=O) groups is 10. The van der Waals surface area contributed by atoms with E-state index in [1.54, 1.807) is 44.2 Å². The van der Waals surface area contributed by atoms with Crippen molar-refractivity contribution in [2.75, 3.05) is 19.6 Å². The van der Waals surface area contributed by atoms with E-state index in [9.17, 15) is 63.3 Å². The molecule has 0 aliphatic carbocycles. The van der Waals surface area contributed by atoms with Gasteiger partial charge in [0.25, 0.3) is 0 Å². The van der Waals surface area contributed by atoms with Gasteiger partial charge in [0.05, 0.1) is 19.0 Å². The monoisotopic (exact) mass is 917 g/mol. The molecule has 13 N–H and O–H groups in total. The second-order valence-electron chi connectivity index (χ2n) is 17.0. The van der Waals surface area contributed by atoms with Crippen molar-refractivity contribution in [1.82, 2.24) is 36.8 Å². The minimum atomic E-state index is -1.77. The SMILES string of the molecule is CC(C)C[C@H](NC(=O)[C@H](Cc1ccccc1)NC(=O)[C@H](CCCCN)NC(=O)[C@@H]1CCCN1C(=O)CNC(=O)[C@H](CC(=O)O)NC(=O)[C@H](CCC(=O)O)NC(=O)[C@@H](N)CC(C)C)C(=O)O. The molecule has 1 fully saturated rings. The van der Waals surface area contributed by atoms with Crippen molar-refractivity contribution < 1.29 is 63.3 Å². The first-order valence-corrected chi connectivity index (χ1v) is 21.9. The molecule has 22 nitrogen and oxygen atoms in total. The van der Waals surface area contributed by atoms with Gasteiger partial charge in [-0.05, 0) is 75.3 Å². The molecule has 2 rings (SSSR count). The molecule has 1 aromatic rings. The number of carboxylic acids is 3. The summed E-state index contributed by atoms with van der Waals surface area (Å²) in [5, 5.41) is 43.3. The molecule has 0 aromatic heterocycles. The van der Waals surface area contributed by atoms with Crippen LogP contribution in [-0.4, -0.2) is 141 Å². The van der Waals surface area contributed by atoms with Gasteiger partial charge in [-0.25, -0.2) is 4.79 Å². The van der Waals surface area contributed by atoms with Gasteiger partial charge in [-0.1, -0.05) is 58.0 Å². The van der Waals surface area contributed by atoms with E-state index < -0.39 is 127 Å². The third kappa shape index (κ3) is 20.1. The first-order valence-electron chi connectivity index (χ1n) is 21.9. The number of nitrogens with one attached hydrogen (secondary N) is 6. The second kappa shape index (κ2) is 27.9. The summed E-state index contributed by atoms with van der Waals surface area (Å²) in [5.74, 6) is -9.96. The summed E-state index contributed by atoms with van der Waals surface area (Å²) >= 11 is 0. The number of nitrogens with zero attached hydrogens (tertiary/aromatic N) is 1. The molecule has 22 heteroatoms. The molecular weight excluding hydrogens is 851 g/mol. The van der Waals surface area contributed by atoms with Crippen LogP contribution in [0.3, 0.4) is 0 Å². The summed E-state index contributed by atoms with van der Waals surface area (Å²) in [6.45, 7) is 6.87. The average molecular weight is 918 g/mol. The van der Waals surface area contributed by atoms with Crippen molar-refractivity contribution in [3.8, 4) is 0 Å². The minimum Gasteiger partial charge on any atom is -0.481 e.